The molecule has 0 spiro atoms. The molecule has 1 fully saturated rings. The van der Waals surface area contributed by atoms with E-state index in [2.05, 4.69) is 31.6 Å². The Morgan fingerprint density at radius 3 is 2.64 bits per heavy atom. The van der Waals surface area contributed by atoms with Crippen LogP contribution in [0.2, 0.25) is 0 Å². The van der Waals surface area contributed by atoms with Gasteiger partial charge in [-0.1, -0.05) is 21.1 Å². The van der Waals surface area contributed by atoms with E-state index >= 15 is 0 Å². The molecule has 0 aliphatic carbocycles. The Balaban J connectivity index is 1.83. The van der Waals surface area contributed by atoms with Crippen LogP contribution >= 0.6 is 15.9 Å². The maximum atomic E-state index is 12.7. The molecular weight excluding hydrogens is 408 g/mol. The number of aryl methyl sites for hydroxylation is 1. The molecule has 0 amide bonds. The van der Waals surface area contributed by atoms with E-state index in [1.165, 1.54) is 0 Å². The summed E-state index contributed by atoms with van der Waals surface area (Å²) in [5.41, 5.74) is -0.618. The topological polar surface area (TPSA) is 97.1 Å². The summed E-state index contributed by atoms with van der Waals surface area (Å²) in [6.45, 7) is 1.93. The number of hydrogen-bond acceptors (Lipinski definition) is 6. The van der Waals surface area contributed by atoms with Crippen molar-refractivity contribution in [2.24, 2.45) is 7.05 Å². The lowest BCUT2D eigenvalue weighted by Crippen LogP contribution is -2.51. The van der Waals surface area contributed by atoms with Crippen molar-refractivity contribution >= 4 is 25.8 Å². The standard InChI is InChI=1S/C16H21BrN4O3S/c1-11-7-16(22,8-14(18-11)15-9-21(2)20-19-15)10-25(23,24)13-5-3-12(17)4-6-13/h3-6,9,11,14,18,22H,7-8,10H2,1-2H3/t11-,14-,16-/m0/s1. The van der Waals surface area contributed by atoms with Gasteiger partial charge in [0.1, 0.15) is 0 Å². The van der Waals surface area contributed by atoms with Gasteiger partial charge in [0, 0.05) is 23.8 Å². The SMILES string of the molecule is C[C@H]1C[C@@](O)(CS(=O)(=O)c2ccc(Br)cc2)C[C@@H](c2cn(C)nn2)N1. The molecule has 136 valence electrons. The van der Waals surface area contributed by atoms with Gasteiger partial charge < -0.3 is 10.4 Å². The van der Waals surface area contributed by atoms with Gasteiger partial charge in [0.2, 0.25) is 0 Å². The molecule has 2 N–H and O–H groups in total. The minimum atomic E-state index is -3.60. The van der Waals surface area contributed by atoms with Crippen molar-refractivity contribution in [3.05, 3.63) is 40.6 Å². The lowest BCUT2D eigenvalue weighted by atomic mass is 9.84. The zero-order valence-corrected chi connectivity index (χ0v) is 16.5. The average Bonchev–Trinajstić information content (AvgIpc) is 2.92. The summed E-state index contributed by atoms with van der Waals surface area (Å²) in [6, 6.07) is 6.20. The molecule has 1 saturated heterocycles. The zero-order chi connectivity index (χ0) is 18.2. The number of nitrogens with one attached hydrogen (secondary N) is 1. The van der Waals surface area contributed by atoms with Crippen LogP contribution in [-0.2, 0) is 16.9 Å². The van der Waals surface area contributed by atoms with Gasteiger partial charge >= 0.3 is 0 Å². The summed E-state index contributed by atoms with van der Waals surface area (Å²) < 4.78 is 27.9. The van der Waals surface area contributed by atoms with Crippen LogP contribution in [0.4, 0.5) is 0 Å². The molecule has 2 aromatic rings. The molecule has 0 saturated carbocycles. The minimum absolute atomic E-state index is 0.0362. The molecular formula is C16H21BrN4O3S. The highest BCUT2D eigenvalue weighted by atomic mass is 79.9. The summed E-state index contributed by atoms with van der Waals surface area (Å²) in [7, 11) is -1.83. The second-order valence-electron chi connectivity index (χ2n) is 6.78. The van der Waals surface area contributed by atoms with Crippen molar-refractivity contribution in [3.8, 4) is 0 Å². The molecule has 7 nitrogen and oxygen atoms in total. The second kappa shape index (κ2) is 6.79. The Morgan fingerprint density at radius 2 is 2.04 bits per heavy atom. The number of aromatic nitrogens is 3. The Kier molecular flexibility index (Phi) is 5.02. The predicted molar refractivity (Wildman–Crippen MR) is 96.7 cm³/mol. The van der Waals surface area contributed by atoms with Crippen LogP contribution in [0.5, 0.6) is 0 Å². The molecule has 9 heteroatoms. The Hall–Kier alpha value is -1.29. The summed E-state index contributed by atoms with van der Waals surface area (Å²) in [5, 5.41) is 22.4. The number of benzene rings is 1. The van der Waals surface area contributed by atoms with Gasteiger partial charge in [-0.3, -0.25) is 4.68 Å². The first-order valence-electron chi connectivity index (χ1n) is 8.00. The van der Waals surface area contributed by atoms with E-state index in [0.717, 1.165) is 4.47 Å². The van der Waals surface area contributed by atoms with Gasteiger partial charge in [0.05, 0.1) is 28.0 Å². The lowest BCUT2D eigenvalue weighted by molar-refractivity contribution is 0.00147. The Bertz CT molecular complexity index is 853. The maximum Gasteiger partial charge on any atom is 0.181 e. The van der Waals surface area contributed by atoms with E-state index in [-0.39, 0.29) is 29.2 Å². The number of hydrogen-bond donors (Lipinski definition) is 2. The van der Waals surface area contributed by atoms with E-state index in [0.29, 0.717) is 12.1 Å². The second-order valence-corrected chi connectivity index (χ2v) is 9.69. The fourth-order valence-electron chi connectivity index (χ4n) is 3.41. The fraction of sp³-hybridized carbons (Fsp3) is 0.500. The summed E-state index contributed by atoms with van der Waals surface area (Å²) in [5.74, 6) is -0.315. The number of aliphatic hydroxyl groups is 1. The monoisotopic (exact) mass is 428 g/mol. The molecule has 3 atom stereocenters. The number of rotatable bonds is 4. The molecule has 3 rings (SSSR count). The van der Waals surface area contributed by atoms with Crippen molar-refractivity contribution in [1.82, 2.24) is 20.3 Å². The maximum absolute atomic E-state index is 12.7. The third-order valence-corrected chi connectivity index (χ3v) is 6.80. The van der Waals surface area contributed by atoms with E-state index in [9.17, 15) is 13.5 Å². The van der Waals surface area contributed by atoms with Gasteiger partial charge in [-0.2, -0.15) is 0 Å². The minimum Gasteiger partial charge on any atom is -0.389 e. The first kappa shape index (κ1) is 18.5. The number of nitrogens with zero attached hydrogens (tertiary/aromatic N) is 3. The Morgan fingerprint density at radius 1 is 1.36 bits per heavy atom. The van der Waals surface area contributed by atoms with Crippen LogP contribution in [0.1, 0.15) is 31.5 Å². The zero-order valence-electron chi connectivity index (χ0n) is 14.1. The van der Waals surface area contributed by atoms with Crippen molar-refractivity contribution < 1.29 is 13.5 Å². The van der Waals surface area contributed by atoms with Gasteiger partial charge in [0.15, 0.2) is 9.84 Å². The van der Waals surface area contributed by atoms with Gasteiger partial charge in [-0.25, -0.2) is 8.42 Å². The molecule has 1 aromatic carbocycles. The van der Waals surface area contributed by atoms with Crippen LogP contribution < -0.4 is 5.32 Å². The third-order valence-electron chi connectivity index (χ3n) is 4.36. The summed E-state index contributed by atoms with van der Waals surface area (Å²) >= 11 is 3.30. The summed E-state index contributed by atoms with van der Waals surface area (Å²) in [4.78, 5) is 0.214. The van der Waals surface area contributed by atoms with Gasteiger partial charge in [-0.05, 0) is 44.0 Å². The Labute approximate surface area is 155 Å². The van der Waals surface area contributed by atoms with E-state index in [4.69, 9.17) is 0 Å². The number of halogens is 1. The van der Waals surface area contributed by atoms with Gasteiger partial charge in [0.25, 0.3) is 0 Å². The fourth-order valence-corrected chi connectivity index (χ4v) is 5.33. The smallest absolute Gasteiger partial charge is 0.181 e. The van der Waals surface area contributed by atoms with Crippen molar-refractivity contribution in [2.45, 2.75) is 42.3 Å². The van der Waals surface area contributed by atoms with E-state index < -0.39 is 15.4 Å². The van der Waals surface area contributed by atoms with Crippen LogP contribution in [0.15, 0.2) is 39.8 Å². The number of sulfone groups is 1. The highest BCUT2D eigenvalue weighted by molar-refractivity contribution is 9.10. The molecule has 1 aromatic heterocycles. The summed E-state index contributed by atoms with van der Waals surface area (Å²) in [6.07, 6.45) is 2.41. The predicted octanol–water partition coefficient (Wildman–Crippen LogP) is 1.60. The molecule has 0 radical (unpaired) electrons. The largest absolute Gasteiger partial charge is 0.389 e. The van der Waals surface area contributed by atoms with E-state index in [1.807, 2.05) is 6.92 Å². The molecule has 1 aliphatic heterocycles. The van der Waals surface area contributed by atoms with Crippen molar-refractivity contribution in [2.75, 3.05) is 5.75 Å². The van der Waals surface area contributed by atoms with Crippen molar-refractivity contribution in [3.63, 3.8) is 0 Å². The average molecular weight is 429 g/mol. The number of piperidine rings is 1. The molecule has 2 heterocycles. The van der Waals surface area contributed by atoms with Crippen molar-refractivity contribution in [1.29, 1.82) is 0 Å². The first-order valence-corrected chi connectivity index (χ1v) is 10.4. The van der Waals surface area contributed by atoms with Crippen LogP contribution in [0, 0.1) is 0 Å². The lowest BCUT2D eigenvalue weighted by Gasteiger charge is -2.40. The van der Waals surface area contributed by atoms with E-state index in [1.54, 1.807) is 42.2 Å². The first-order chi connectivity index (χ1) is 11.7. The highest BCUT2D eigenvalue weighted by Crippen LogP contribution is 2.34. The molecule has 1 aliphatic rings. The van der Waals surface area contributed by atoms with Crippen LogP contribution in [0.25, 0.3) is 0 Å². The quantitative estimate of drug-likeness (QED) is 0.767. The molecule has 0 bridgehead atoms. The van der Waals surface area contributed by atoms with Gasteiger partial charge in [-0.15, -0.1) is 5.10 Å². The normalized spacial score (nSPS) is 27.4. The van der Waals surface area contributed by atoms with Crippen LogP contribution in [0.3, 0.4) is 0 Å². The highest BCUT2D eigenvalue weighted by Gasteiger charge is 2.42. The third kappa shape index (κ3) is 4.28. The molecule has 25 heavy (non-hydrogen) atoms. The molecule has 0 unspecified atom stereocenters. The van der Waals surface area contributed by atoms with Crippen LogP contribution in [-0.4, -0.2) is 45.9 Å².